The highest BCUT2D eigenvalue weighted by molar-refractivity contribution is 9.12. The largest absolute Gasteiger partial charge is 0.491 e. The number of benzene rings is 3. The van der Waals surface area contributed by atoms with Crippen molar-refractivity contribution < 1.29 is 33.4 Å². The van der Waals surface area contributed by atoms with Crippen LogP contribution in [0.1, 0.15) is 24.3 Å². The number of aliphatic hydroxyl groups excluding tert-OH is 1. The van der Waals surface area contributed by atoms with E-state index in [4.69, 9.17) is 9.15 Å². The van der Waals surface area contributed by atoms with Gasteiger partial charge in [0.15, 0.2) is 17.1 Å². The third-order valence-corrected chi connectivity index (χ3v) is 10.2. The summed E-state index contributed by atoms with van der Waals surface area (Å²) in [6, 6.07) is 21.7. The molecule has 1 aliphatic heterocycles. The summed E-state index contributed by atoms with van der Waals surface area (Å²) in [5, 5.41) is 9.45. The van der Waals surface area contributed by atoms with Gasteiger partial charge in [0.05, 0.1) is 28.6 Å². The van der Waals surface area contributed by atoms with E-state index >= 15 is 0 Å². The van der Waals surface area contributed by atoms with Crippen molar-refractivity contribution in [1.82, 2.24) is 4.98 Å². The number of aromatic nitrogens is 1. The zero-order valence-electron chi connectivity index (χ0n) is 24.9. The number of carbonyl (C=O) groups excluding carboxylic acids is 4. The van der Waals surface area contributed by atoms with E-state index in [1.54, 1.807) is 36.4 Å². The lowest BCUT2D eigenvalue weighted by Gasteiger charge is -2.42. The number of anilines is 1. The number of amides is 2. The molecule has 0 radical (unpaired) electrons. The maximum atomic E-state index is 14.3. The first-order valence-corrected chi connectivity index (χ1v) is 16.2. The number of hydrogen-bond acceptors (Lipinski definition) is 8. The lowest BCUT2D eigenvalue weighted by atomic mass is 9.59. The molecule has 234 valence electrons. The predicted molar refractivity (Wildman–Crippen MR) is 176 cm³/mol. The first-order chi connectivity index (χ1) is 22.9. The highest BCUT2D eigenvalue weighted by atomic mass is 79.9. The topological polar surface area (TPSA) is 127 Å². The molecule has 9 nitrogen and oxygen atoms in total. The fourth-order valence-electron chi connectivity index (χ4n) is 7.57. The Labute approximate surface area is 277 Å². The van der Waals surface area contributed by atoms with Crippen molar-refractivity contribution in [3.8, 4) is 17.2 Å². The van der Waals surface area contributed by atoms with Crippen LogP contribution in [0.25, 0.3) is 22.6 Å². The van der Waals surface area contributed by atoms with E-state index in [1.165, 1.54) is 11.0 Å². The number of Topliss-reactive ketones (excluding diaryl/α,β-unsaturated/α-hetero) is 1. The number of carbonyl (C=O) groups is 4. The van der Waals surface area contributed by atoms with Crippen LogP contribution in [0.15, 0.2) is 111 Å². The SMILES string of the molecule is O=C1C=C(Br)C(=O)C2=C1C(c1ccccc1OCCO)C1=CCC3C(=O)N(c4ccc(-c5nc6ccccc6o5)cc4)C(=O)C3C1C2. The Morgan fingerprint density at radius 2 is 1.70 bits per heavy atom. The molecule has 4 atom stereocenters. The Morgan fingerprint density at radius 1 is 0.936 bits per heavy atom. The van der Waals surface area contributed by atoms with Crippen molar-refractivity contribution >= 4 is 56.1 Å². The van der Waals surface area contributed by atoms with Crippen LogP contribution in [0.5, 0.6) is 5.75 Å². The van der Waals surface area contributed by atoms with Crippen molar-refractivity contribution in [2.45, 2.75) is 18.8 Å². The summed E-state index contributed by atoms with van der Waals surface area (Å²) in [6.07, 6.45) is 3.75. The minimum absolute atomic E-state index is 0.0499. The predicted octanol–water partition coefficient (Wildman–Crippen LogP) is 5.83. The molecular formula is C37H27BrN2O7. The quantitative estimate of drug-likeness (QED) is 0.152. The summed E-state index contributed by atoms with van der Waals surface area (Å²) < 4.78 is 11.9. The van der Waals surface area contributed by atoms with Gasteiger partial charge in [-0.1, -0.05) is 42.0 Å². The lowest BCUT2D eigenvalue weighted by Crippen LogP contribution is -2.39. The molecule has 3 aromatic carbocycles. The Kier molecular flexibility index (Phi) is 7.15. The maximum absolute atomic E-state index is 14.3. The second-order valence-corrected chi connectivity index (χ2v) is 12.9. The number of allylic oxidation sites excluding steroid dienone is 6. The van der Waals surface area contributed by atoms with Gasteiger partial charge in [-0.05, 0) is 77.2 Å². The zero-order chi connectivity index (χ0) is 32.4. The molecule has 1 N–H and O–H groups in total. The maximum Gasteiger partial charge on any atom is 0.238 e. The van der Waals surface area contributed by atoms with E-state index in [1.807, 2.05) is 42.5 Å². The molecule has 1 fully saturated rings. The van der Waals surface area contributed by atoms with Crippen LogP contribution in [-0.2, 0) is 19.2 Å². The number of oxazole rings is 1. The third-order valence-electron chi connectivity index (χ3n) is 9.58. The van der Waals surface area contributed by atoms with Crippen molar-refractivity contribution in [2.75, 3.05) is 18.1 Å². The molecule has 4 unspecified atom stereocenters. The van der Waals surface area contributed by atoms with Gasteiger partial charge in [-0.3, -0.25) is 24.1 Å². The molecule has 0 spiro atoms. The molecule has 10 heteroatoms. The number of imide groups is 1. The van der Waals surface area contributed by atoms with Gasteiger partial charge in [0.1, 0.15) is 17.9 Å². The third kappa shape index (κ3) is 4.65. The summed E-state index contributed by atoms with van der Waals surface area (Å²) in [4.78, 5) is 61.1. The van der Waals surface area contributed by atoms with E-state index in [-0.39, 0.29) is 47.5 Å². The van der Waals surface area contributed by atoms with Gasteiger partial charge in [0.25, 0.3) is 0 Å². The number of aliphatic hydroxyl groups is 1. The van der Waals surface area contributed by atoms with E-state index < -0.39 is 23.7 Å². The first kappa shape index (κ1) is 29.5. The van der Waals surface area contributed by atoms with Gasteiger partial charge in [0, 0.05) is 34.3 Å². The van der Waals surface area contributed by atoms with Crippen LogP contribution in [0.3, 0.4) is 0 Å². The molecule has 2 heterocycles. The lowest BCUT2D eigenvalue weighted by molar-refractivity contribution is -0.123. The second kappa shape index (κ2) is 11.4. The average molecular weight is 692 g/mol. The first-order valence-electron chi connectivity index (χ1n) is 15.4. The summed E-state index contributed by atoms with van der Waals surface area (Å²) in [6.45, 7) is -0.147. The number of nitrogens with zero attached hydrogens (tertiary/aromatic N) is 2. The minimum atomic E-state index is -0.714. The monoisotopic (exact) mass is 690 g/mol. The summed E-state index contributed by atoms with van der Waals surface area (Å²) in [5.41, 5.74) is 4.75. The molecule has 4 aromatic rings. The van der Waals surface area contributed by atoms with Gasteiger partial charge < -0.3 is 14.3 Å². The van der Waals surface area contributed by atoms with E-state index in [2.05, 4.69) is 20.9 Å². The number of fused-ring (bicyclic) bond motifs is 4. The van der Waals surface area contributed by atoms with E-state index in [0.717, 1.165) is 11.1 Å². The van der Waals surface area contributed by atoms with Gasteiger partial charge >= 0.3 is 0 Å². The van der Waals surface area contributed by atoms with Gasteiger partial charge in [0.2, 0.25) is 17.7 Å². The summed E-state index contributed by atoms with van der Waals surface area (Å²) in [5.74, 6) is -2.76. The molecule has 8 rings (SSSR count). The molecule has 2 amide bonds. The Bertz CT molecular complexity index is 2070. The highest BCUT2D eigenvalue weighted by Crippen LogP contribution is 2.56. The number of ether oxygens (including phenoxy) is 1. The summed E-state index contributed by atoms with van der Waals surface area (Å²) >= 11 is 3.27. The number of halogens is 1. The van der Waals surface area contributed by atoms with E-state index in [0.29, 0.717) is 51.6 Å². The van der Waals surface area contributed by atoms with Gasteiger partial charge in [-0.2, -0.15) is 0 Å². The molecule has 0 saturated carbocycles. The van der Waals surface area contributed by atoms with Crippen LogP contribution < -0.4 is 9.64 Å². The van der Waals surface area contributed by atoms with Crippen LogP contribution in [0.4, 0.5) is 5.69 Å². The normalized spacial score (nSPS) is 23.8. The van der Waals surface area contributed by atoms with Crippen LogP contribution >= 0.6 is 15.9 Å². The smallest absolute Gasteiger partial charge is 0.238 e. The number of rotatable bonds is 6. The summed E-state index contributed by atoms with van der Waals surface area (Å²) in [7, 11) is 0. The standard InChI is InChI=1S/C37H27BrN2O7/c38-26-18-28(42)33-25(34(26)43)17-24-21(31(33)22-5-1-3-7-29(22)46-16-15-41)13-14-23-32(24)37(45)40(36(23)44)20-11-9-19(10-12-20)35-39-27-6-2-4-8-30(27)47-35/h1-13,18,23-24,31-32,41H,14-17H2. The van der Waals surface area contributed by atoms with Crippen molar-refractivity contribution in [3.05, 3.63) is 112 Å². The van der Waals surface area contributed by atoms with Crippen molar-refractivity contribution in [3.63, 3.8) is 0 Å². The van der Waals surface area contributed by atoms with Crippen molar-refractivity contribution in [1.29, 1.82) is 0 Å². The zero-order valence-corrected chi connectivity index (χ0v) is 26.5. The Balaban J connectivity index is 1.17. The molecule has 4 aliphatic rings. The Hall–Kier alpha value is -4.93. The molecule has 47 heavy (non-hydrogen) atoms. The molecular weight excluding hydrogens is 664 g/mol. The van der Waals surface area contributed by atoms with E-state index in [9.17, 15) is 24.3 Å². The van der Waals surface area contributed by atoms with Crippen LogP contribution in [-0.4, -0.2) is 46.7 Å². The number of para-hydroxylation sites is 3. The molecule has 3 aliphatic carbocycles. The van der Waals surface area contributed by atoms with Crippen LogP contribution in [0.2, 0.25) is 0 Å². The molecule has 1 saturated heterocycles. The van der Waals surface area contributed by atoms with Gasteiger partial charge in [-0.15, -0.1) is 0 Å². The number of hydrogen-bond donors (Lipinski definition) is 1. The molecule has 0 bridgehead atoms. The minimum Gasteiger partial charge on any atom is -0.491 e. The Morgan fingerprint density at radius 3 is 2.49 bits per heavy atom. The fraction of sp³-hybridized carbons (Fsp3) is 0.216. The second-order valence-electron chi connectivity index (χ2n) is 12.0. The highest BCUT2D eigenvalue weighted by Gasteiger charge is 2.57. The molecule has 1 aromatic heterocycles. The van der Waals surface area contributed by atoms with Gasteiger partial charge in [-0.25, -0.2) is 4.98 Å². The van der Waals surface area contributed by atoms with Crippen molar-refractivity contribution in [2.24, 2.45) is 17.8 Å². The fourth-order valence-corrected chi connectivity index (χ4v) is 8.02. The average Bonchev–Trinajstić information content (AvgIpc) is 3.64. The van der Waals surface area contributed by atoms with Crippen LogP contribution in [0, 0.1) is 17.8 Å². The number of ketones is 2.